The van der Waals surface area contributed by atoms with Crippen LogP contribution in [0.5, 0.6) is 11.5 Å². The highest BCUT2D eigenvalue weighted by molar-refractivity contribution is 5.92. The van der Waals surface area contributed by atoms with Crippen molar-refractivity contribution in [1.29, 1.82) is 0 Å². The van der Waals surface area contributed by atoms with E-state index in [0.29, 0.717) is 49.7 Å². The third-order valence-electron chi connectivity index (χ3n) is 3.81. The van der Waals surface area contributed by atoms with Crippen molar-refractivity contribution in [3.05, 3.63) is 54.6 Å². The number of nitrogens with one attached hydrogen (secondary N) is 1. The van der Waals surface area contributed by atoms with E-state index in [9.17, 15) is 9.59 Å². The molecule has 25 heavy (non-hydrogen) atoms. The standard InChI is InChI=1S/C19H20N2O4/c22-18(11-6-12-21-13-14-24-19(21)23)20-16-9-4-5-10-17(16)25-15-7-2-1-3-8-15/h1-5,7-10H,6,11-14H2,(H,20,22). The van der Waals surface area contributed by atoms with Gasteiger partial charge in [0.1, 0.15) is 12.4 Å². The van der Waals surface area contributed by atoms with Crippen LogP contribution in [0.4, 0.5) is 10.5 Å². The van der Waals surface area contributed by atoms with Crippen molar-refractivity contribution < 1.29 is 19.1 Å². The van der Waals surface area contributed by atoms with Crippen molar-refractivity contribution in [3.8, 4) is 11.5 Å². The van der Waals surface area contributed by atoms with E-state index in [0.717, 1.165) is 0 Å². The van der Waals surface area contributed by atoms with Crippen LogP contribution in [0.3, 0.4) is 0 Å². The van der Waals surface area contributed by atoms with Gasteiger partial charge in [-0.25, -0.2) is 4.79 Å². The molecule has 0 radical (unpaired) electrons. The minimum absolute atomic E-state index is 0.114. The molecule has 1 fully saturated rings. The third kappa shape index (κ3) is 4.73. The van der Waals surface area contributed by atoms with Gasteiger partial charge in [0.25, 0.3) is 0 Å². The van der Waals surface area contributed by atoms with Crippen molar-refractivity contribution in [2.24, 2.45) is 0 Å². The van der Waals surface area contributed by atoms with Crippen LogP contribution >= 0.6 is 0 Å². The summed E-state index contributed by atoms with van der Waals surface area (Å²) in [4.78, 5) is 25.1. The Kier molecular flexibility index (Phi) is 5.51. The second-order valence-electron chi connectivity index (χ2n) is 5.66. The zero-order chi connectivity index (χ0) is 17.5. The highest BCUT2D eigenvalue weighted by Crippen LogP contribution is 2.29. The quantitative estimate of drug-likeness (QED) is 0.835. The Balaban J connectivity index is 1.53. The smallest absolute Gasteiger partial charge is 0.409 e. The summed E-state index contributed by atoms with van der Waals surface area (Å²) in [6.07, 6.45) is 0.605. The number of benzene rings is 2. The molecule has 2 aromatic carbocycles. The molecule has 0 aliphatic carbocycles. The fraction of sp³-hybridized carbons (Fsp3) is 0.263. The van der Waals surface area contributed by atoms with Gasteiger partial charge in [0.2, 0.25) is 5.91 Å². The first-order valence-corrected chi connectivity index (χ1v) is 8.26. The van der Waals surface area contributed by atoms with Crippen molar-refractivity contribution >= 4 is 17.7 Å². The lowest BCUT2D eigenvalue weighted by molar-refractivity contribution is -0.116. The minimum atomic E-state index is -0.304. The van der Waals surface area contributed by atoms with Gasteiger partial charge in [0.05, 0.1) is 12.2 Å². The number of para-hydroxylation sites is 3. The number of ether oxygens (including phenoxy) is 2. The molecule has 0 unspecified atom stereocenters. The van der Waals surface area contributed by atoms with E-state index in [2.05, 4.69) is 5.32 Å². The zero-order valence-corrected chi connectivity index (χ0v) is 13.8. The number of anilines is 1. The summed E-state index contributed by atoms with van der Waals surface area (Å²) >= 11 is 0. The number of carbonyl (C=O) groups is 2. The number of amides is 2. The summed E-state index contributed by atoms with van der Waals surface area (Å²) in [5.74, 6) is 1.18. The van der Waals surface area contributed by atoms with Crippen LogP contribution in [0.25, 0.3) is 0 Å². The fourth-order valence-corrected chi connectivity index (χ4v) is 2.55. The second-order valence-corrected chi connectivity index (χ2v) is 5.66. The lowest BCUT2D eigenvalue weighted by Crippen LogP contribution is -2.26. The summed E-state index contributed by atoms with van der Waals surface area (Å²) < 4.78 is 10.7. The number of hydrogen-bond donors (Lipinski definition) is 1. The molecule has 1 saturated heterocycles. The molecule has 0 spiro atoms. The molecule has 0 atom stereocenters. The van der Waals surface area contributed by atoms with E-state index < -0.39 is 0 Å². The van der Waals surface area contributed by atoms with Gasteiger partial charge >= 0.3 is 6.09 Å². The number of cyclic esters (lactones) is 1. The Morgan fingerprint density at radius 3 is 2.64 bits per heavy atom. The van der Waals surface area contributed by atoms with Crippen LogP contribution in [0.2, 0.25) is 0 Å². The maximum atomic E-state index is 12.2. The average molecular weight is 340 g/mol. The molecule has 1 aliphatic heterocycles. The molecular formula is C19H20N2O4. The molecule has 130 valence electrons. The zero-order valence-electron chi connectivity index (χ0n) is 13.8. The predicted octanol–water partition coefficient (Wildman–Crippen LogP) is 3.65. The molecular weight excluding hydrogens is 320 g/mol. The average Bonchev–Trinajstić information content (AvgIpc) is 3.03. The number of carbonyl (C=O) groups excluding carboxylic acids is 2. The first kappa shape index (κ1) is 16.8. The Morgan fingerprint density at radius 1 is 1.12 bits per heavy atom. The molecule has 6 nitrogen and oxygen atoms in total. The van der Waals surface area contributed by atoms with Crippen molar-refractivity contribution in [1.82, 2.24) is 4.90 Å². The van der Waals surface area contributed by atoms with Gasteiger partial charge in [-0.05, 0) is 30.7 Å². The molecule has 2 amide bonds. The highest BCUT2D eigenvalue weighted by atomic mass is 16.6. The maximum Gasteiger partial charge on any atom is 0.409 e. The Labute approximate surface area is 146 Å². The van der Waals surface area contributed by atoms with Crippen LogP contribution in [0, 0.1) is 0 Å². The third-order valence-corrected chi connectivity index (χ3v) is 3.81. The normalized spacial score (nSPS) is 13.4. The summed E-state index contributed by atoms with van der Waals surface area (Å²) in [6, 6.07) is 16.7. The number of hydrogen-bond acceptors (Lipinski definition) is 4. The van der Waals surface area contributed by atoms with Gasteiger partial charge in [-0.3, -0.25) is 4.79 Å². The van der Waals surface area contributed by atoms with E-state index in [1.54, 1.807) is 11.0 Å². The summed E-state index contributed by atoms with van der Waals surface area (Å²) in [5.41, 5.74) is 0.622. The van der Waals surface area contributed by atoms with Crippen LogP contribution in [-0.2, 0) is 9.53 Å². The fourth-order valence-electron chi connectivity index (χ4n) is 2.55. The Morgan fingerprint density at radius 2 is 1.88 bits per heavy atom. The lowest BCUT2D eigenvalue weighted by Gasteiger charge is -2.13. The number of rotatable bonds is 7. The lowest BCUT2D eigenvalue weighted by atomic mass is 10.2. The van der Waals surface area contributed by atoms with Gasteiger partial charge in [-0.2, -0.15) is 0 Å². The van der Waals surface area contributed by atoms with E-state index in [1.165, 1.54) is 0 Å². The molecule has 2 aromatic rings. The van der Waals surface area contributed by atoms with Crippen LogP contribution in [-0.4, -0.2) is 36.6 Å². The summed E-state index contributed by atoms with van der Waals surface area (Å²) in [5, 5.41) is 2.87. The first-order valence-electron chi connectivity index (χ1n) is 8.26. The van der Waals surface area contributed by atoms with Gasteiger partial charge < -0.3 is 19.7 Å². The minimum Gasteiger partial charge on any atom is -0.455 e. The molecule has 0 aromatic heterocycles. The molecule has 1 heterocycles. The van der Waals surface area contributed by atoms with Gasteiger partial charge in [-0.1, -0.05) is 30.3 Å². The molecule has 1 aliphatic rings. The van der Waals surface area contributed by atoms with E-state index in [4.69, 9.17) is 9.47 Å². The Bertz CT molecular complexity index is 733. The molecule has 3 rings (SSSR count). The summed E-state index contributed by atoms with van der Waals surface area (Å²) in [6.45, 7) is 1.54. The van der Waals surface area contributed by atoms with Crippen molar-refractivity contribution in [2.45, 2.75) is 12.8 Å². The van der Waals surface area contributed by atoms with Gasteiger partial charge in [0.15, 0.2) is 5.75 Å². The monoisotopic (exact) mass is 340 g/mol. The molecule has 0 bridgehead atoms. The largest absolute Gasteiger partial charge is 0.455 e. The van der Waals surface area contributed by atoms with Crippen LogP contribution < -0.4 is 10.1 Å². The van der Waals surface area contributed by atoms with Gasteiger partial charge in [0, 0.05) is 13.0 Å². The maximum absolute atomic E-state index is 12.2. The molecule has 0 saturated carbocycles. The topological polar surface area (TPSA) is 67.9 Å². The van der Waals surface area contributed by atoms with E-state index >= 15 is 0 Å². The van der Waals surface area contributed by atoms with E-state index in [-0.39, 0.29) is 12.0 Å². The SMILES string of the molecule is O=C(CCCN1CCOC1=O)Nc1ccccc1Oc1ccccc1. The first-order chi connectivity index (χ1) is 12.2. The summed E-state index contributed by atoms with van der Waals surface area (Å²) in [7, 11) is 0. The highest BCUT2D eigenvalue weighted by Gasteiger charge is 2.21. The Hall–Kier alpha value is -3.02. The predicted molar refractivity (Wildman–Crippen MR) is 93.7 cm³/mol. The van der Waals surface area contributed by atoms with Gasteiger partial charge in [-0.15, -0.1) is 0 Å². The molecule has 6 heteroatoms. The molecule has 1 N–H and O–H groups in total. The van der Waals surface area contributed by atoms with Crippen molar-refractivity contribution in [2.75, 3.05) is 25.0 Å². The van der Waals surface area contributed by atoms with Crippen LogP contribution in [0.15, 0.2) is 54.6 Å². The second kappa shape index (κ2) is 8.19. The number of nitrogens with zero attached hydrogens (tertiary/aromatic N) is 1. The van der Waals surface area contributed by atoms with Crippen molar-refractivity contribution in [3.63, 3.8) is 0 Å². The van der Waals surface area contributed by atoms with Crippen LogP contribution in [0.1, 0.15) is 12.8 Å². The van der Waals surface area contributed by atoms with E-state index in [1.807, 2.05) is 48.5 Å².